The van der Waals surface area contributed by atoms with Gasteiger partial charge in [0.25, 0.3) is 0 Å². The number of pyridine rings is 6. The summed E-state index contributed by atoms with van der Waals surface area (Å²) in [6.07, 6.45) is 11.3. The van der Waals surface area contributed by atoms with Crippen LogP contribution in [0.1, 0.15) is 59.7 Å². The van der Waals surface area contributed by atoms with Gasteiger partial charge in [0.15, 0.2) is 0 Å². The smallest absolute Gasteiger partial charge is 0.0408 e. The standard InChI is InChI=1S/C23H20N.C21H16N.C20H13FN.3C20H14N.6Ir/c1-23(2,3)18-9-6-8-17(15-18)22-21-12-11-16-7-4-5-10-19(16)20(21)13-14-24-22;1-14-11-15(2)13-17(12-14)21-20-8-7-16-5-3-4-6-18(16)19(20)9-10-22-21;1-13-12-15(7-9-19(13)21)20-18-8-6-14-4-2-3-5-16(14)17(18)10-11-22-20;2*1-14-6-8-16(9-7-14)20-19-11-10-15-4-2-3-5-17(15)18(19)12-13-21-20;1-14-7-9-17-16(13-14)8-10-19-18(17)11-12-21-20(19)15-5-3-2-4-6-15;;;;;;/h4-7,9-15H,1-3H3;3-12H,1-2H3;2-6,8-12H,1H3;2*2-8,10-13H,1H3;2-5,7-13H,1H3;;;;;;/q6*-1;;;;;;. The molecule has 684 valence electrons. The molecule has 0 aliphatic heterocycles. The Balaban J connectivity index is 0.000000138. The fourth-order valence-electron chi connectivity index (χ4n) is 17.7. The number of nitrogens with zero attached hydrogens (tertiary/aromatic N) is 6. The van der Waals surface area contributed by atoms with Gasteiger partial charge in [-0.1, -0.05) is 279 Å². The first-order valence-electron chi connectivity index (χ1n) is 44.3. The summed E-state index contributed by atoms with van der Waals surface area (Å²) in [5.41, 5.74) is 20.0. The third kappa shape index (κ3) is 22.3. The van der Waals surface area contributed by atoms with E-state index in [-0.39, 0.29) is 132 Å². The van der Waals surface area contributed by atoms with E-state index in [1.54, 1.807) is 19.2 Å². The molecule has 0 N–H and O–H groups in total. The molecule has 137 heavy (non-hydrogen) atoms. The van der Waals surface area contributed by atoms with E-state index in [9.17, 15) is 4.39 Å². The second-order valence-electron chi connectivity index (χ2n) is 34.5. The Hall–Kier alpha value is -12.2. The van der Waals surface area contributed by atoms with Crippen LogP contribution >= 0.6 is 0 Å². The van der Waals surface area contributed by atoms with E-state index in [1.165, 1.54) is 152 Å². The summed E-state index contributed by atoms with van der Waals surface area (Å²) < 4.78 is 13.5. The van der Waals surface area contributed by atoms with Gasteiger partial charge in [-0.3, -0.25) is 4.39 Å². The van der Waals surface area contributed by atoms with Crippen LogP contribution in [0.4, 0.5) is 4.39 Å². The van der Waals surface area contributed by atoms with Crippen LogP contribution < -0.4 is 0 Å². The van der Waals surface area contributed by atoms with Crippen molar-refractivity contribution < 1.29 is 125 Å². The first kappa shape index (κ1) is 102. The van der Waals surface area contributed by atoms with E-state index in [2.05, 4.69) is 407 Å². The van der Waals surface area contributed by atoms with Gasteiger partial charge < -0.3 is 29.9 Å². The number of rotatable bonds is 6. The zero-order valence-electron chi connectivity index (χ0n) is 76.5. The molecule has 0 spiro atoms. The molecule has 18 aromatic carbocycles. The van der Waals surface area contributed by atoms with Gasteiger partial charge in [0, 0.05) is 164 Å². The Morgan fingerprint density at radius 1 is 0.219 bits per heavy atom. The normalized spacial score (nSPS) is 10.8. The van der Waals surface area contributed by atoms with Gasteiger partial charge in [0.2, 0.25) is 0 Å². The second-order valence-corrected chi connectivity index (χ2v) is 34.5. The molecule has 0 amide bonds. The van der Waals surface area contributed by atoms with E-state index in [4.69, 9.17) is 0 Å². The van der Waals surface area contributed by atoms with E-state index in [0.29, 0.717) is 5.56 Å². The van der Waals surface area contributed by atoms with Gasteiger partial charge >= 0.3 is 0 Å². The van der Waals surface area contributed by atoms with Crippen LogP contribution in [0.5, 0.6) is 0 Å². The molecule has 0 saturated carbocycles. The minimum atomic E-state index is -0.241. The van der Waals surface area contributed by atoms with Crippen LogP contribution in [0.2, 0.25) is 0 Å². The molecule has 6 heterocycles. The zero-order valence-corrected chi connectivity index (χ0v) is 90.9. The topological polar surface area (TPSA) is 77.3 Å². The summed E-state index contributed by atoms with van der Waals surface area (Å²) in [6, 6.07) is 141. The Morgan fingerprint density at radius 2 is 0.526 bits per heavy atom. The van der Waals surface area contributed by atoms with Crippen LogP contribution in [-0.4, -0.2) is 29.9 Å². The predicted molar refractivity (Wildman–Crippen MR) is 548 cm³/mol. The Kier molecular flexibility index (Phi) is 34.2. The summed E-state index contributed by atoms with van der Waals surface area (Å²) in [4.78, 5) is 27.5. The molecule has 6 nitrogen and oxygen atoms in total. The first-order chi connectivity index (χ1) is 64.0. The van der Waals surface area contributed by atoms with Crippen LogP contribution in [0.25, 0.3) is 197 Å². The molecule has 6 radical (unpaired) electrons. The molecule has 0 aliphatic rings. The van der Waals surface area contributed by atoms with Gasteiger partial charge in [-0.15, -0.1) is 201 Å². The number of fused-ring (bicyclic) bond motifs is 18. The molecule has 24 aromatic rings. The molecular weight excluding hydrogens is 2750 g/mol. The molecule has 0 bridgehead atoms. The number of benzene rings is 18. The Morgan fingerprint density at radius 3 is 0.869 bits per heavy atom. The molecule has 0 unspecified atom stereocenters. The maximum Gasteiger partial charge on any atom is 0.0408 e. The number of hydrogen-bond acceptors (Lipinski definition) is 6. The average Bonchev–Trinajstić information content (AvgIpc) is 0.787. The second kappa shape index (κ2) is 45.8. The van der Waals surface area contributed by atoms with Crippen LogP contribution in [-0.2, 0) is 126 Å². The van der Waals surface area contributed by atoms with Crippen molar-refractivity contribution in [2.45, 2.75) is 67.7 Å². The largest absolute Gasteiger partial charge is 0.304 e. The van der Waals surface area contributed by atoms with Crippen molar-refractivity contribution >= 4 is 129 Å². The van der Waals surface area contributed by atoms with Crippen molar-refractivity contribution in [3.05, 3.63) is 470 Å². The minimum Gasteiger partial charge on any atom is -0.304 e. The number of halogens is 1. The van der Waals surface area contributed by atoms with E-state index < -0.39 is 0 Å². The Labute approximate surface area is 880 Å². The Bertz CT molecular complexity index is 8260. The molecule has 0 aliphatic carbocycles. The van der Waals surface area contributed by atoms with Crippen LogP contribution in [0.3, 0.4) is 0 Å². The maximum absolute atomic E-state index is 13.5. The molecule has 24 rings (SSSR count). The third-order valence-corrected chi connectivity index (χ3v) is 24.4. The summed E-state index contributed by atoms with van der Waals surface area (Å²) in [7, 11) is 0. The van der Waals surface area contributed by atoms with Crippen molar-refractivity contribution in [2.75, 3.05) is 0 Å². The number of hydrogen-bond donors (Lipinski definition) is 0. The molecule has 0 saturated heterocycles. The van der Waals surface area contributed by atoms with Gasteiger partial charge in [-0.05, 0) is 212 Å². The number of aryl methyl sites for hydroxylation is 6. The van der Waals surface area contributed by atoms with Crippen LogP contribution in [0.15, 0.2) is 389 Å². The maximum atomic E-state index is 13.5. The van der Waals surface area contributed by atoms with Crippen molar-refractivity contribution in [2.24, 2.45) is 0 Å². The predicted octanol–water partition coefficient (Wildman–Crippen LogP) is 32.4. The number of aromatic nitrogens is 6. The summed E-state index contributed by atoms with van der Waals surface area (Å²) in [5.74, 6) is -0.241. The molecule has 13 heteroatoms. The van der Waals surface area contributed by atoms with E-state index in [0.717, 1.165) is 83.9 Å². The van der Waals surface area contributed by atoms with Gasteiger partial charge in [-0.2, -0.15) is 0 Å². The monoisotopic (exact) mass is 2840 g/mol. The fourth-order valence-corrected chi connectivity index (χ4v) is 17.7. The van der Waals surface area contributed by atoms with Crippen LogP contribution in [0, 0.1) is 83.8 Å². The van der Waals surface area contributed by atoms with Crippen molar-refractivity contribution in [3.8, 4) is 67.5 Å². The first-order valence-corrected chi connectivity index (χ1v) is 44.3. The summed E-state index contributed by atoms with van der Waals surface area (Å²) >= 11 is 0. The fraction of sp³-hybridized carbons (Fsp3) is 0.0806. The molecular formula is C124H91FIr6N6-6. The summed E-state index contributed by atoms with van der Waals surface area (Å²) in [6.45, 7) is 18.9. The molecule has 0 fully saturated rings. The van der Waals surface area contributed by atoms with Gasteiger partial charge in [0.1, 0.15) is 0 Å². The average molecular weight is 2840 g/mol. The van der Waals surface area contributed by atoms with E-state index in [1.807, 2.05) is 85.6 Å². The van der Waals surface area contributed by atoms with Crippen molar-refractivity contribution in [3.63, 3.8) is 0 Å². The molecule has 6 aromatic heterocycles. The third-order valence-electron chi connectivity index (χ3n) is 24.4. The van der Waals surface area contributed by atoms with Crippen molar-refractivity contribution in [1.82, 2.24) is 29.9 Å². The zero-order chi connectivity index (χ0) is 89.6. The minimum absolute atomic E-state index is 0. The molecule has 0 atom stereocenters. The van der Waals surface area contributed by atoms with Crippen molar-refractivity contribution in [1.29, 1.82) is 0 Å². The van der Waals surface area contributed by atoms with Gasteiger partial charge in [0.05, 0.1) is 0 Å². The SMILES string of the molecule is CC(C)(C)c1cc[c-]c(-c2nccc3c2ccc2ccccc23)c1.Cc1[c-]c(-c2nccc3c2ccc2ccccc23)cc(C)c1.Cc1c[c-]c(-c2nccc3c2ccc2ccccc23)cc1.Cc1c[c-]c(-c2nccc3c2ccc2ccccc23)cc1.Cc1cc(-c2nccc3c2ccc2ccccc23)[c-]cc1F.Cc1ccc2c(ccc3c(-c4[c-]cccc4)nccc32)c1.[Ir].[Ir].[Ir].[Ir].[Ir].[Ir]. The van der Waals surface area contributed by atoms with Gasteiger partial charge in [-0.25, -0.2) is 0 Å². The quantitative estimate of drug-likeness (QED) is 0.122. The summed E-state index contributed by atoms with van der Waals surface area (Å²) in [5, 5.41) is 29.4. The van der Waals surface area contributed by atoms with E-state index >= 15 is 0 Å².